The van der Waals surface area contributed by atoms with Crippen LogP contribution in [0.5, 0.6) is 17.2 Å². The van der Waals surface area contributed by atoms with Crippen molar-refractivity contribution in [2.75, 3.05) is 6.79 Å². The van der Waals surface area contributed by atoms with Gasteiger partial charge in [0.15, 0.2) is 28.6 Å². The van der Waals surface area contributed by atoms with E-state index in [-0.39, 0.29) is 12.9 Å². The molecule has 0 amide bonds. The van der Waals surface area contributed by atoms with Crippen LogP contribution in [0, 0.1) is 6.92 Å². The Balaban J connectivity index is 1.27. The van der Waals surface area contributed by atoms with Crippen molar-refractivity contribution in [1.82, 2.24) is 19.7 Å². The summed E-state index contributed by atoms with van der Waals surface area (Å²) in [7, 11) is 0. The number of hydrogen-bond donors (Lipinski definition) is 0. The van der Waals surface area contributed by atoms with Crippen molar-refractivity contribution in [3.8, 4) is 27.8 Å². The molecule has 34 heavy (non-hydrogen) atoms. The van der Waals surface area contributed by atoms with E-state index in [9.17, 15) is 0 Å². The van der Waals surface area contributed by atoms with E-state index in [1.807, 2.05) is 50.2 Å². The van der Waals surface area contributed by atoms with Crippen LogP contribution in [-0.4, -0.2) is 26.5 Å². The van der Waals surface area contributed by atoms with E-state index in [1.54, 1.807) is 23.1 Å². The molecule has 0 aliphatic carbocycles. The van der Waals surface area contributed by atoms with Crippen LogP contribution in [0.3, 0.4) is 0 Å². The van der Waals surface area contributed by atoms with Gasteiger partial charge in [0.25, 0.3) is 0 Å². The smallest absolute Gasteiger partial charge is 0.231 e. The molecule has 5 rings (SSSR count). The van der Waals surface area contributed by atoms with Gasteiger partial charge in [0.1, 0.15) is 10.8 Å². The largest absolute Gasteiger partial charge is 0.482 e. The molecule has 1 aliphatic heterocycles. The SMILES string of the molecule is CCn1c(SCc2csc(-c3ccc4c(c3)OCO4)n2)nnc1C(C)Oc1ccc(Cl)cc1C. The second kappa shape index (κ2) is 9.85. The van der Waals surface area contributed by atoms with E-state index in [2.05, 4.69) is 27.1 Å². The van der Waals surface area contributed by atoms with Crippen molar-refractivity contribution in [2.45, 2.75) is 44.3 Å². The number of nitrogens with zero attached hydrogens (tertiary/aromatic N) is 4. The van der Waals surface area contributed by atoms with Crippen LogP contribution in [0.4, 0.5) is 0 Å². The lowest BCUT2D eigenvalue weighted by atomic mass is 10.2. The lowest BCUT2D eigenvalue weighted by molar-refractivity contribution is 0.174. The van der Waals surface area contributed by atoms with Crippen LogP contribution in [0.15, 0.2) is 46.9 Å². The lowest BCUT2D eigenvalue weighted by Crippen LogP contribution is -2.12. The number of halogens is 1. The summed E-state index contributed by atoms with van der Waals surface area (Å²) in [6.45, 7) is 7.05. The minimum Gasteiger partial charge on any atom is -0.482 e. The molecule has 0 spiro atoms. The average molecular weight is 515 g/mol. The van der Waals surface area contributed by atoms with Gasteiger partial charge in [-0.15, -0.1) is 21.5 Å². The Morgan fingerprint density at radius 3 is 2.85 bits per heavy atom. The highest BCUT2D eigenvalue weighted by Gasteiger charge is 2.20. The maximum atomic E-state index is 6.17. The summed E-state index contributed by atoms with van der Waals surface area (Å²) in [5.41, 5.74) is 3.00. The molecular formula is C24H23ClN4O3S2. The Morgan fingerprint density at radius 1 is 1.18 bits per heavy atom. The van der Waals surface area contributed by atoms with Gasteiger partial charge in [-0.1, -0.05) is 23.4 Å². The quantitative estimate of drug-likeness (QED) is 0.247. The van der Waals surface area contributed by atoms with E-state index in [1.165, 1.54) is 0 Å². The van der Waals surface area contributed by atoms with Gasteiger partial charge in [-0.2, -0.15) is 0 Å². The number of rotatable bonds is 8. The zero-order valence-corrected chi connectivity index (χ0v) is 21.3. The number of aryl methyl sites for hydroxylation is 1. The van der Waals surface area contributed by atoms with Crippen molar-refractivity contribution < 1.29 is 14.2 Å². The van der Waals surface area contributed by atoms with Crippen molar-refractivity contribution in [3.63, 3.8) is 0 Å². The third-order valence-corrected chi connectivity index (χ3v) is 7.56. The third-order valence-electron chi connectivity index (χ3n) is 5.39. The summed E-state index contributed by atoms with van der Waals surface area (Å²) in [6.07, 6.45) is -0.251. The summed E-state index contributed by atoms with van der Waals surface area (Å²) >= 11 is 9.30. The molecule has 10 heteroatoms. The summed E-state index contributed by atoms with van der Waals surface area (Å²) in [5.74, 6) is 3.81. The third kappa shape index (κ3) is 4.73. The first-order valence-corrected chi connectivity index (χ1v) is 13.1. The highest BCUT2D eigenvalue weighted by Crippen LogP contribution is 2.37. The zero-order valence-electron chi connectivity index (χ0n) is 18.9. The highest BCUT2D eigenvalue weighted by atomic mass is 35.5. The zero-order chi connectivity index (χ0) is 23.7. The first-order chi connectivity index (χ1) is 16.5. The molecule has 4 aromatic rings. The van der Waals surface area contributed by atoms with E-state index in [0.29, 0.717) is 10.8 Å². The summed E-state index contributed by atoms with van der Waals surface area (Å²) in [6, 6.07) is 11.5. The first-order valence-electron chi connectivity index (χ1n) is 10.8. The fraction of sp³-hybridized carbons (Fsp3) is 0.292. The fourth-order valence-electron chi connectivity index (χ4n) is 3.67. The first kappa shape index (κ1) is 23.0. The van der Waals surface area contributed by atoms with Crippen LogP contribution in [0.1, 0.15) is 37.0 Å². The van der Waals surface area contributed by atoms with Crippen LogP contribution in [-0.2, 0) is 12.3 Å². The van der Waals surface area contributed by atoms with E-state index >= 15 is 0 Å². The van der Waals surface area contributed by atoms with Gasteiger partial charge in [0.2, 0.25) is 6.79 Å². The van der Waals surface area contributed by atoms with E-state index in [4.69, 9.17) is 30.8 Å². The van der Waals surface area contributed by atoms with Crippen molar-refractivity contribution in [3.05, 3.63) is 63.9 Å². The molecule has 0 saturated heterocycles. The Labute approximate surface area is 211 Å². The normalized spacial score (nSPS) is 13.3. The Kier molecular flexibility index (Phi) is 6.67. The molecule has 176 valence electrons. The fourth-order valence-corrected chi connectivity index (χ4v) is 5.72. The number of ether oxygens (including phenoxy) is 3. The molecular weight excluding hydrogens is 492 g/mol. The monoisotopic (exact) mass is 514 g/mol. The minimum absolute atomic E-state index is 0.251. The molecule has 1 unspecified atom stereocenters. The van der Waals surface area contributed by atoms with Gasteiger partial charge in [0, 0.05) is 28.3 Å². The van der Waals surface area contributed by atoms with Crippen LogP contribution < -0.4 is 14.2 Å². The number of fused-ring (bicyclic) bond motifs is 1. The molecule has 1 aliphatic rings. The Morgan fingerprint density at radius 2 is 2.03 bits per heavy atom. The van der Waals surface area contributed by atoms with Crippen molar-refractivity contribution in [2.24, 2.45) is 0 Å². The predicted octanol–water partition coefficient (Wildman–Crippen LogP) is 6.54. The Hall–Kier alpha value is -2.75. The van der Waals surface area contributed by atoms with Gasteiger partial charge in [0.05, 0.1) is 5.69 Å². The average Bonchev–Trinajstić information content (AvgIpc) is 3.57. The van der Waals surface area contributed by atoms with Gasteiger partial charge >= 0.3 is 0 Å². The van der Waals surface area contributed by atoms with Gasteiger partial charge in [-0.3, -0.25) is 0 Å². The van der Waals surface area contributed by atoms with Gasteiger partial charge in [-0.25, -0.2) is 4.98 Å². The topological polar surface area (TPSA) is 71.3 Å². The number of benzene rings is 2. The van der Waals surface area contributed by atoms with E-state index in [0.717, 1.165) is 56.6 Å². The maximum absolute atomic E-state index is 6.17. The molecule has 3 heterocycles. The van der Waals surface area contributed by atoms with Gasteiger partial charge < -0.3 is 18.8 Å². The molecule has 0 bridgehead atoms. The standard InChI is InChI=1S/C24H23ClN4O3S2/c1-4-29-22(15(3)32-19-8-6-17(25)9-14(19)2)27-28-24(29)34-12-18-11-33-23(26-18)16-5-7-20-21(10-16)31-13-30-20/h5-11,15H,4,12-13H2,1-3H3. The molecule has 1 atom stereocenters. The molecule has 0 fully saturated rings. The summed E-state index contributed by atoms with van der Waals surface area (Å²) in [4.78, 5) is 4.80. The van der Waals surface area contributed by atoms with Crippen LogP contribution in [0.2, 0.25) is 5.02 Å². The number of thioether (sulfide) groups is 1. The van der Waals surface area contributed by atoms with Crippen molar-refractivity contribution in [1.29, 1.82) is 0 Å². The predicted molar refractivity (Wildman–Crippen MR) is 134 cm³/mol. The maximum Gasteiger partial charge on any atom is 0.231 e. The number of thiazole rings is 1. The van der Waals surface area contributed by atoms with Gasteiger partial charge in [-0.05, 0) is 62.7 Å². The number of hydrogen-bond acceptors (Lipinski definition) is 8. The summed E-state index contributed by atoms with van der Waals surface area (Å²) in [5, 5.41) is 13.4. The number of aromatic nitrogens is 4. The van der Waals surface area contributed by atoms with E-state index < -0.39 is 0 Å². The highest BCUT2D eigenvalue weighted by molar-refractivity contribution is 7.98. The molecule has 2 aromatic heterocycles. The molecule has 7 nitrogen and oxygen atoms in total. The molecule has 0 N–H and O–H groups in total. The Bertz CT molecular complexity index is 1320. The van der Waals surface area contributed by atoms with Crippen molar-refractivity contribution >= 4 is 34.7 Å². The second-order valence-corrected chi connectivity index (χ2v) is 9.99. The second-order valence-electron chi connectivity index (χ2n) is 7.76. The molecule has 2 aromatic carbocycles. The minimum atomic E-state index is -0.251. The lowest BCUT2D eigenvalue weighted by Gasteiger charge is -2.17. The van der Waals surface area contributed by atoms with Crippen LogP contribution in [0.25, 0.3) is 10.6 Å². The molecule has 0 saturated carbocycles. The molecule has 0 radical (unpaired) electrons. The summed E-state index contributed by atoms with van der Waals surface area (Å²) < 4.78 is 19.1. The van der Waals surface area contributed by atoms with Crippen LogP contribution >= 0.6 is 34.7 Å².